The highest BCUT2D eigenvalue weighted by molar-refractivity contribution is 8.01. The summed E-state index contributed by atoms with van der Waals surface area (Å²) in [7, 11) is 0. The maximum Gasteiger partial charge on any atom is 0.248 e. The number of carbonyl (C=O) groups is 1. The first-order valence-corrected chi connectivity index (χ1v) is 8.26. The van der Waals surface area contributed by atoms with Gasteiger partial charge in [-0.25, -0.2) is 4.98 Å². The molecule has 0 radical (unpaired) electrons. The summed E-state index contributed by atoms with van der Waals surface area (Å²) in [5, 5.41) is 0. The predicted molar refractivity (Wildman–Crippen MR) is 81.5 cm³/mol. The van der Waals surface area contributed by atoms with E-state index in [-0.39, 0.29) is 23.4 Å². The van der Waals surface area contributed by atoms with Crippen molar-refractivity contribution in [2.24, 2.45) is 0 Å². The molecule has 5 nitrogen and oxygen atoms in total. The number of rotatable bonds is 5. The lowest BCUT2D eigenvalue weighted by Crippen LogP contribution is -2.61. The fourth-order valence-electron chi connectivity index (χ4n) is 2.79. The molecule has 1 unspecified atom stereocenters. The quantitative estimate of drug-likeness (QED) is 0.827. The summed E-state index contributed by atoms with van der Waals surface area (Å²) in [6.45, 7) is 4.30. The van der Waals surface area contributed by atoms with E-state index in [2.05, 4.69) is 4.98 Å². The van der Waals surface area contributed by atoms with Crippen molar-refractivity contribution in [2.75, 3.05) is 32.1 Å². The molecule has 1 amide bonds. The highest BCUT2D eigenvalue weighted by Crippen LogP contribution is 2.45. The summed E-state index contributed by atoms with van der Waals surface area (Å²) in [5.74, 6) is 1.74. The molecule has 1 aromatic rings. The number of amides is 1. The third-order valence-electron chi connectivity index (χ3n) is 3.84. The molecular weight excluding hydrogens is 288 g/mol. The SMILES string of the molecule is CCOCC(=O)N1CC2(CC(Oc3ccccn3)CS2)C1. The van der Waals surface area contributed by atoms with Crippen molar-refractivity contribution in [1.82, 2.24) is 9.88 Å². The molecule has 1 atom stereocenters. The van der Waals surface area contributed by atoms with E-state index in [4.69, 9.17) is 9.47 Å². The zero-order valence-corrected chi connectivity index (χ0v) is 13.0. The molecule has 3 heterocycles. The average molecular weight is 308 g/mol. The van der Waals surface area contributed by atoms with Crippen molar-refractivity contribution in [1.29, 1.82) is 0 Å². The lowest BCUT2D eigenvalue weighted by molar-refractivity contribution is -0.141. The third kappa shape index (κ3) is 3.32. The van der Waals surface area contributed by atoms with Crippen LogP contribution in [0.25, 0.3) is 0 Å². The molecule has 2 aliphatic heterocycles. The van der Waals surface area contributed by atoms with Crippen molar-refractivity contribution in [3.63, 3.8) is 0 Å². The van der Waals surface area contributed by atoms with Gasteiger partial charge in [-0.15, -0.1) is 11.8 Å². The highest BCUT2D eigenvalue weighted by Gasteiger charge is 2.51. The molecule has 0 aliphatic carbocycles. The van der Waals surface area contributed by atoms with Crippen molar-refractivity contribution >= 4 is 17.7 Å². The molecule has 0 aromatic carbocycles. The number of nitrogens with zero attached hydrogens (tertiary/aromatic N) is 2. The molecule has 21 heavy (non-hydrogen) atoms. The summed E-state index contributed by atoms with van der Waals surface area (Å²) in [6.07, 6.45) is 2.91. The molecule has 0 bridgehead atoms. The maximum absolute atomic E-state index is 11.8. The van der Waals surface area contributed by atoms with Crippen molar-refractivity contribution in [3.8, 4) is 5.88 Å². The van der Waals surface area contributed by atoms with Gasteiger partial charge < -0.3 is 14.4 Å². The zero-order valence-electron chi connectivity index (χ0n) is 12.2. The normalized spacial score (nSPS) is 23.1. The van der Waals surface area contributed by atoms with Gasteiger partial charge in [0.05, 0.1) is 4.75 Å². The molecule has 3 rings (SSSR count). The standard InChI is InChI=1S/C15H20N2O3S/c1-2-19-8-14(18)17-10-15(11-17)7-12(9-21-15)20-13-5-3-4-6-16-13/h3-6,12H,2,7-11H2,1H3. The van der Waals surface area contributed by atoms with Crippen LogP contribution in [0.4, 0.5) is 0 Å². The van der Waals surface area contributed by atoms with Crippen LogP contribution in [-0.2, 0) is 9.53 Å². The second-order valence-corrected chi connectivity index (χ2v) is 6.98. The summed E-state index contributed by atoms with van der Waals surface area (Å²) in [6, 6.07) is 5.69. The molecule has 6 heteroatoms. The molecule has 0 N–H and O–H groups in total. The minimum atomic E-state index is 0.0946. The summed E-state index contributed by atoms with van der Waals surface area (Å²) >= 11 is 1.92. The van der Waals surface area contributed by atoms with E-state index in [9.17, 15) is 4.79 Å². The third-order valence-corrected chi connectivity index (χ3v) is 5.42. The van der Waals surface area contributed by atoms with Crippen molar-refractivity contribution in [2.45, 2.75) is 24.2 Å². The van der Waals surface area contributed by atoms with E-state index in [1.54, 1.807) is 6.20 Å². The summed E-state index contributed by atoms with van der Waals surface area (Å²) in [5.41, 5.74) is 0. The summed E-state index contributed by atoms with van der Waals surface area (Å²) < 4.78 is 11.3. The predicted octanol–water partition coefficient (Wildman–Crippen LogP) is 1.58. The number of ether oxygens (including phenoxy) is 2. The molecule has 1 spiro atoms. The Kier molecular flexibility index (Phi) is 4.35. The number of aromatic nitrogens is 1. The Hall–Kier alpha value is -1.27. The molecule has 2 aliphatic rings. The molecule has 2 fully saturated rings. The minimum absolute atomic E-state index is 0.0946. The van der Waals surface area contributed by atoms with E-state index in [1.807, 2.05) is 41.8 Å². The second-order valence-electron chi connectivity index (χ2n) is 5.49. The van der Waals surface area contributed by atoms with Crippen LogP contribution in [0.3, 0.4) is 0 Å². The van der Waals surface area contributed by atoms with Crippen molar-refractivity contribution < 1.29 is 14.3 Å². The Morgan fingerprint density at radius 3 is 3.10 bits per heavy atom. The lowest BCUT2D eigenvalue weighted by atomic mass is 9.93. The van der Waals surface area contributed by atoms with Gasteiger partial charge in [-0.1, -0.05) is 6.07 Å². The number of pyridine rings is 1. The van der Waals surface area contributed by atoms with E-state index in [1.165, 1.54) is 0 Å². The van der Waals surface area contributed by atoms with Crippen LogP contribution in [-0.4, -0.2) is 58.7 Å². The van der Waals surface area contributed by atoms with Gasteiger partial charge >= 0.3 is 0 Å². The Bertz CT molecular complexity index is 491. The van der Waals surface area contributed by atoms with Crippen LogP contribution in [0.2, 0.25) is 0 Å². The van der Waals surface area contributed by atoms with Gasteiger partial charge in [-0.05, 0) is 13.0 Å². The van der Waals surface area contributed by atoms with Crippen molar-refractivity contribution in [3.05, 3.63) is 24.4 Å². The first-order valence-electron chi connectivity index (χ1n) is 7.28. The molecule has 2 saturated heterocycles. The van der Waals surface area contributed by atoms with Gasteiger partial charge in [0.1, 0.15) is 12.7 Å². The number of hydrogen-bond acceptors (Lipinski definition) is 5. The van der Waals surface area contributed by atoms with E-state index in [0.717, 1.165) is 25.3 Å². The fraction of sp³-hybridized carbons (Fsp3) is 0.600. The second kappa shape index (κ2) is 6.23. The van der Waals surface area contributed by atoms with Gasteiger partial charge in [-0.2, -0.15) is 0 Å². The van der Waals surface area contributed by atoms with E-state index >= 15 is 0 Å². The highest BCUT2D eigenvalue weighted by atomic mass is 32.2. The lowest BCUT2D eigenvalue weighted by Gasteiger charge is -2.47. The molecule has 0 saturated carbocycles. The first-order chi connectivity index (χ1) is 10.2. The van der Waals surface area contributed by atoms with Gasteiger partial charge in [0, 0.05) is 44.1 Å². The molecular formula is C15H20N2O3S. The topological polar surface area (TPSA) is 51.7 Å². The fourth-order valence-corrected chi connectivity index (χ4v) is 4.32. The zero-order chi connectivity index (χ0) is 14.7. The number of hydrogen-bond donors (Lipinski definition) is 0. The monoisotopic (exact) mass is 308 g/mol. The number of carbonyl (C=O) groups excluding carboxylic acids is 1. The van der Waals surface area contributed by atoms with E-state index < -0.39 is 0 Å². The number of likely N-dealkylation sites (tertiary alicyclic amines) is 1. The Morgan fingerprint density at radius 1 is 1.52 bits per heavy atom. The maximum atomic E-state index is 11.8. The van der Waals surface area contributed by atoms with Crippen LogP contribution in [0.5, 0.6) is 5.88 Å². The van der Waals surface area contributed by atoms with Crippen LogP contribution >= 0.6 is 11.8 Å². The Balaban J connectivity index is 1.47. The van der Waals surface area contributed by atoms with E-state index in [0.29, 0.717) is 12.5 Å². The molecule has 114 valence electrons. The van der Waals surface area contributed by atoms with Crippen LogP contribution in [0, 0.1) is 0 Å². The first kappa shape index (κ1) is 14.7. The van der Waals surface area contributed by atoms with Gasteiger partial charge in [0.25, 0.3) is 0 Å². The largest absolute Gasteiger partial charge is 0.473 e. The van der Waals surface area contributed by atoms with Gasteiger partial charge in [-0.3, -0.25) is 4.79 Å². The molecule has 1 aromatic heterocycles. The van der Waals surface area contributed by atoms with Crippen LogP contribution < -0.4 is 4.74 Å². The van der Waals surface area contributed by atoms with Crippen LogP contribution in [0.15, 0.2) is 24.4 Å². The number of thioether (sulfide) groups is 1. The van der Waals surface area contributed by atoms with Gasteiger partial charge in [0.15, 0.2) is 0 Å². The van der Waals surface area contributed by atoms with Crippen LogP contribution in [0.1, 0.15) is 13.3 Å². The van der Waals surface area contributed by atoms with Gasteiger partial charge in [0.2, 0.25) is 11.8 Å². The Labute approximate surface area is 129 Å². The minimum Gasteiger partial charge on any atom is -0.473 e. The Morgan fingerprint density at radius 2 is 2.38 bits per heavy atom. The summed E-state index contributed by atoms with van der Waals surface area (Å²) in [4.78, 5) is 17.9. The smallest absolute Gasteiger partial charge is 0.248 e. The average Bonchev–Trinajstić information content (AvgIpc) is 2.88.